The maximum Gasteiger partial charge on any atom is 0.123 e. The third-order valence-electron chi connectivity index (χ3n) is 15.4. The summed E-state index contributed by atoms with van der Waals surface area (Å²) in [6.45, 7) is 0. The number of aromatic hydroxyl groups is 12. The van der Waals surface area contributed by atoms with E-state index in [-0.39, 0.29) is 139 Å². The van der Waals surface area contributed by atoms with Crippen molar-refractivity contribution in [1.82, 2.24) is 0 Å². The lowest BCUT2D eigenvalue weighted by Gasteiger charge is -2.43. The molecule has 0 aromatic heterocycles. The number of phenols is 12. The second-order valence-corrected chi connectivity index (χ2v) is 18.8. The average molecular weight is 905 g/mol. The molecule has 4 unspecified atom stereocenters. The minimum atomic E-state index is -0.864. The Morgan fingerprint density at radius 1 is 0.235 bits per heavy atom. The molecule has 0 saturated heterocycles. The van der Waals surface area contributed by atoms with Crippen molar-refractivity contribution in [2.45, 2.75) is 49.4 Å². The lowest BCUT2D eigenvalue weighted by molar-refractivity contribution is 0.416. The van der Waals surface area contributed by atoms with E-state index in [0.29, 0.717) is 44.5 Å². The van der Waals surface area contributed by atoms with Crippen LogP contribution in [-0.2, 0) is 25.7 Å². The fraction of sp³-hybridized carbons (Fsp3) is 0.143. The van der Waals surface area contributed by atoms with Gasteiger partial charge in [0.1, 0.15) is 69.0 Å². The minimum Gasteiger partial charge on any atom is -0.508 e. The van der Waals surface area contributed by atoms with E-state index in [1.807, 2.05) is 48.5 Å². The van der Waals surface area contributed by atoms with Crippen molar-refractivity contribution in [2.24, 2.45) is 0 Å². The van der Waals surface area contributed by atoms with Gasteiger partial charge in [-0.05, 0) is 80.9 Å². The van der Waals surface area contributed by atoms with Crippen molar-refractivity contribution >= 4 is 0 Å². The first-order chi connectivity index (χ1) is 32.7. The van der Waals surface area contributed by atoms with Crippen LogP contribution in [0.2, 0.25) is 0 Å². The number of phenolic OH excluding ortho intramolecular Hbond substituents is 12. The average Bonchev–Trinajstić information content (AvgIpc) is 3.32. The fourth-order valence-corrected chi connectivity index (χ4v) is 12.5. The lowest BCUT2D eigenvalue weighted by atomic mass is 9.59. The summed E-state index contributed by atoms with van der Waals surface area (Å²) >= 11 is 0. The highest BCUT2D eigenvalue weighted by molar-refractivity contribution is 5.81. The highest BCUT2D eigenvalue weighted by Crippen LogP contribution is 2.66. The predicted octanol–water partition coefficient (Wildman–Crippen LogP) is 8.80. The molecule has 21 rings (SSSR count). The van der Waals surface area contributed by atoms with Crippen molar-refractivity contribution in [2.75, 3.05) is 0 Å². The van der Waals surface area contributed by atoms with Gasteiger partial charge in [0.15, 0.2) is 0 Å². The molecule has 12 N–H and O–H groups in total. The van der Waals surface area contributed by atoms with Crippen LogP contribution in [0.1, 0.15) is 135 Å². The van der Waals surface area contributed by atoms with Gasteiger partial charge in [0.05, 0.1) is 0 Å². The van der Waals surface area contributed by atoms with E-state index in [2.05, 4.69) is 0 Å². The maximum absolute atomic E-state index is 12.3. The Kier molecular flexibility index (Phi) is 7.87. The van der Waals surface area contributed by atoms with Crippen LogP contribution in [0.25, 0.3) is 0 Å². The van der Waals surface area contributed by atoms with Gasteiger partial charge in [0.2, 0.25) is 0 Å². The van der Waals surface area contributed by atoms with Crippen LogP contribution in [0.3, 0.4) is 0 Å². The van der Waals surface area contributed by atoms with Crippen molar-refractivity contribution < 1.29 is 61.3 Å². The molecule has 0 fully saturated rings. The van der Waals surface area contributed by atoms with E-state index in [4.69, 9.17) is 0 Å². The van der Waals surface area contributed by atoms with Crippen LogP contribution in [-0.4, -0.2) is 61.3 Å². The fourth-order valence-electron chi connectivity index (χ4n) is 12.5. The zero-order chi connectivity index (χ0) is 46.9. The van der Waals surface area contributed by atoms with E-state index in [0.717, 1.165) is 34.4 Å². The van der Waals surface area contributed by atoms with Crippen molar-refractivity contribution in [3.05, 3.63) is 208 Å². The molecule has 8 aromatic carbocycles. The standard InChI is InChI=1S/C56H40O12/c57-33-19-35(59)23-9-21(33)11-25-16-38(62)46-42-30-6-2-1-5-29(30)41(49(46)53(25)65)45-37(61)15-26(54(66)50(42)45)12-22-10-24(36(60)20-34(22)58)14-28-18-40(64)48-43-31-7-3-4-8-32(31)44(52(48)56(28)68)47-39(63)17-27(13-23)55(67)51(43)47/h1-10,15-20,41-44,57-68H,11-14H2. The molecule has 0 amide bonds. The summed E-state index contributed by atoms with van der Waals surface area (Å²) in [6, 6.07) is 25.7. The van der Waals surface area contributed by atoms with Gasteiger partial charge in [-0.3, -0.25) is 0 Å². The van der Waals surface area contributed by atoms with Crippen LogP contribution < -0.4 is 0 Å². The summed E-state index contributed by atoms with van der Waals surface area (Å²) in [5, 5.41) is 143. The second kappa shape index (κ2) is 13.5. The summed E-state index contributed by atoms with van der Waals surface area (Å²) in [6.07, 6.45) is -0.574. The Morgan fingerprint density at radius 3 is 0.676 bits per heavy atom. The molecule has 0 radical (unpaired) electrons. The molecule has 13 aliphatic carbocycles. The third kappa shape index (κ3) is 5.08. The summed E-state index contributed by atoms with van der Waals surface area (Å²) in [5.74, 6) is -6.35. The smallest absolute Gasteiger partial charge is 0.123 e. The molecule has 0 aliphatic heterocycles. The third-order valence-corrected chi connectivity index (χ3v) is 15.4. The first kappa shape index (κ1) is 39.7. The molecule has 12 heteroatoms. The van der Waals surface area contributed by atoms with Crippen molar-refractivity contribution in [3.63, 3.8) is 0 Å². The number of rotatable bonds is 0. The van der Waals surface area contributed by atoms with Gasteiger partial charge in [-0.2, -0.15) is 0 Å². The van der Waals surface area contributed by atoms with Gasteiger partial charge >= 0.3 is 0 Å². The zero-order valence-corrected chi connectivity index (χ0v) is 35.7. The number of benzene rings is 8. The van der Waals surface area contributed by atoms with Gasteiger partial charge < -0.3 is 61.3 Å². The van der Waals surface area contributed by atoms with E-state index in [1.54, 1.807) is 0 Å². The maximum atomic E-state index is 12.3. The Hall–Kier alpha value is -8.64. The molecule has 0 heterocycles. The first-order valence-electron chi connectivity index (χ1n) is 22.2. The predicted molar refractivity (Wildman–Crippen MR) is 247 cm³/mol. The zero-order valence-electron chi connectivity index (χ0n) is 35.7. The first-order valence-corrected chi connectivity index (χ1v) is 22.2. The Balaban J connectivity index is 1.06. The van der Waals surface area contributed by atoms with Crippen molar-refractivity contribution in [1.29, 1.82) is 0 Å². The van der Waals surface area contributed by atoms with Crippen LogP contribution in [0.4, 0.5) is 0 Å². The molecular formula is C56H40O12. The molecule has 20 bridgehead atoms. The molecule has 0 saturated carbocycles. The normalized spacial score (nSPS) is 18.5. The van der Waals surface area contributed by atoms with E-state index in [9.17, 15) is 61.3 Å². The monoisotopic (exact) mass is 904 g/mol. The quantitative estimate of drug-likeness (QED) is 0.0639. The molecule has 8 aromatic rings. The van der Waals surface area contributed by atoms with E-state index < -0.39 is 23.7 Å². The molecule has 0 spiro atoms. The molecule has 12 nitrogen and oxygen atoms in total. The molecule has 68 heavy (non-hydrogen) atoms. The van der Waals surface area contributed by atoms with E-state index in [1.165, 1.54) is 36.4 Å². The van der Waals surface area contributed by atoms with Crippen LogP contribution >= 0.6 is 0 Å². The SMILES string of the molecule is Oc1cc(O)c2cc1Cc1cc(O)c3c(c1O)C1c4ccccc4C3c3c(O)c(cc(O)c31)Cc1cc(c(O)cc1O)Cc1cc(O)c3c(c1O)C1c4ccccc4C3c3c(O)c(cc(O)c31)C2. The summed E-state index contributed by atoms with van der Waals surface area (Å²) in [5.41, 5.74) is 7.36. The Labute approximate surface area is 386 Å². The van der Waals surface area contributed by atoms with Gasteiger partial charge in [0.25, 0.3) is 0 Å². The van der Waals surface area contributed by atoms with Gasteiger partial charge in [-0.25, -0.2) is 0 Å². The summed E-state index contributed by atoms with van der Waals surface area (Å²) in [7, 11) is 0. The summed E-state index contributed by atoms with van der Waals surface area (Å²) in [4.78, 5) is 0. The van der Waals surface area contributed by atoms with Crippen LogP contribution in [0.5, 0.6) is 69.0 Å². The van der Waals surface area contributed by atoms with Crippen molar-refractivity contribution in [3.8, 4) is 69.0 Å². The van der Waals surface area contributed by atoms with Gasteiger partial charge in [0, 0.05) is 128 Å². The van der Waals surface area contributed by atoms with Gasteiger partial charge in [-0.1, -0.05) is 48.5 Å². The molecule has 336 valence electrons. The Morgan fingerprint density at radius 2 is 0.456 bits per heavy atom. The van der Waals surface area contributed by atoms with Gasteiger partial charge in [-0.15, -0.1) is 0 Å². The number of hydrogen-bond acceptors (Lipinski definition) is 12. The summed E-state index contributed by atoms with van der Waals surface area (Å²) < 4.78 is 0. The largest absolute Gasteiger partial charge is 0.508 e. The molecule has 13 aliphatic rings. The van der Waals surface area contributed by atoms with Crippen LogP contribution in [0, 0.1) is 0 Å². The highest BCUT2D eigenvalue weighted by Gasteiger charge is 2.50. The minimum absolute atomic E-state index is 0.143. The molecular weight excluding hydrogens is 865 g/mol. The molecule has 4 atom stereocenters. The number of hydrogen-bond donors (Lipinski definition) is 12. The Bertz CT molecular complexity index is 3180. The van der Waals surface area contributed by atoms with E-state index >= 15 is 0 Å². The van der Waals surface area contributed by atoms with Crippen LogP contribution in [0.15, 0.2) is 97.1 Å². The highest BCUT2D eigenvalue weighted by atomic mass is 16.3. The lowest BCUT2D eigenvalue weighted by Crippen LogP contribution is -2.28. The topological polar surface area (TPSA) is 243 Å². The second-order valence-electron chi connectivity index (χ2n) is 18.8.